The third kappa shape index (κ3) is 4.06. The summed E-state index contributed by atoms with van der Waals surface area (Å²) in [6.07, 6.45) is 0.916. The number of carbonyl (C=O) groups is 2. The van der Waals surface area contributed by atoms with Crippen LogP contribution < -0.4 is 10.1 Å². The molecule has 2 rings (SSSR count). The summed E-state index contributed by atoms with van der Waals surface area (Å²) < 4.78 is 5.43. The van der Waals surface area contributed by atoms with E-state index in [1.165, 1.54) is 0 Å². The number of hydrogen-bond acceptors (Lipinski definition) is 3. The van der Waals surface area contributed by atoms with E-state index in [1.807, 2.05) is 38.7 Å². The van der Waals surface area contributed by atoms with Crippen LogP contribution in [-0.2, 0) is 0 Å². The Morgan fingerprint density at radius 2 is 1.68 bits per heavy atom. The first-order valence-corrected chi connectivity index (χ1v) is 8.87. The molecule has 3 amide bonds. The van der Waals surface area contributed by atoms with Gasteiger partial charge in [-0.25, -0.2) is 4.79 Å². The Kier molecular flexibility index (Phi) is 6.28. The predicted molar refractivity (Wildman–Crippen MR) is 98.4 cm³/mol. The largest absolute Gasteiger partial charge is 0.496 e. The zero-order valence-corrected chi connectivity index (χ0v) is 15.9. The second-order valence-electron chi connectivity index (χ2n) is 6.54. The fourth-order valence-corrected chi connectivity index (χ4v) is 3.22. The summed E-state index contributed by atoms with van der Waals surface area (Å²) in [6.45, 7) is 10.8. The van der Waals surface area contributed by atoms with E-state index in [4.69, 9.17) is 4.74 Å². The first-order chi connectivity index (χ1) is 11.9. The number of urea groups is 1. The molecule has 1 N–H and O–H groups in total. The molecule has 0 unspecified atom stereocenters. The van der Waals surface area contributed by atoms with Crippen LogP contribution in [0.15, 0.2) is 6.07 Å². The smallest absolute Gasteiger partial charge is 0.317 e. The number of rotatable bonds is 4. The molecule has 6 nitrogen and oxygen atoms in total. The molecule has 1 heterocycles. The maximum Gasteiger partial charge on any atom is 0.317 e. The van der Waals surface area contributed by atoms with E-state index in [1.54, 1.807) is 12.0 Å². The lowest BCUT2D eigenvalue weighted by atomic mass is 9.97. The minimum atomic E-state index is -0.0405. The number of ether oxygens (including phenoxy) is 1. The molecule has 1 aliphatic rings. The van der Waals surface area contributed by atoms with Crippen molar-refractivity contribution in [2.75, 3.05) is 39.8 Å². The van der Waals surface area contributed by atoms with Gasteiger partial charge in [0.05, 0.1) is 7.11 Å². The highest BCUT2D eigenvalue weighted by molar-refractivity contribution is 5.96. The van der Waals surface area contributed by atoms with Gasteiger partial charge in [0.2, 0.25) is 0 Å². The number of nitrogens with zero attached hydrogens (tertiary/aromatic N) is 2. The fraction of sp³-hybridized carbons (Fsp3) is 0.579. The number of nitrogens with one attached hydrogen (secondary N) is 1. The van der Waals surface area contributed by atoms with Crippen LogP contribution >= 0.6 is 0 Å². The summed E-state index contributed by atoms with van der Waals surface area (Å²) in [5.41, 5.74) is 3.64. The van der Waals surface area contributed by atoms with Crippen molar-refractivity contribution in [1.29, 1.82) is 0 Å². The lowest BCUT2D eigenvalue weighted by Gasteiger charge is -2.35. The molecular formula is C19H29N3O3. The van der Waals surface area contributed by atoms with Crippen molar-refractivity contribution in [2.24, 2.45) is 0 Å². The Bertz CT molecular complexity index is 650. The Labute approximate surface area is 150 Å². The van der Waals surface area contributed by atoms with Crippen molar-refractivity contribution in [1.82, 2.24) is 15.1 Å². The van der Waals surface area contributed by atoms with Crippen molar-refractivity contribution in [3.8, 4) is 5.75 Å². The van der Waals surface area contributed by atoms with Crippen LogP contribution in [0.4, 0.5) is 4.79 Å². The van der Waals surface area contributed by atoms with Crippen LogP contribution in [0.2, 0.25) is 0 Å². The van der Waals surface area contributed by atoms with Gasteiger partial charge in [0, 0.05) is 38.3 Å². The van der Waals surface area contributed by atoms with Crippen molar-refractivity contribution < 1.29 is 14.3 Å². The Hall–Kier alpha value is -2.24. The average molecular weight is 347 g/mol. The highest BCUT2D eigenvalue weighted by Crippen LogP contribution is 2.29. The number of aryl methyl sites for hydroxylation is 1. The molecule has 0 aliphatic carbocycles. The van der Waals surface area contributed by atoms with Gasteiger partial charge in [-0.15, -0.1) is 0 Å². The molecule has 1 saturated heterocycles. The van der Waals surface area contributed by atoms with Gasteiger partial charge in [0.15, 0.2) is 0 Å². The van der Waals surface area contributed by atoms with Gasteiger partial charge < -0.3 is 19.9 Å². The molecule has 0 aromatic heterocycles. The van der Waals surface area contributed by atoms with Crippen LogP contribution in [0.25, 0.3) is 0 Å². The third-order valence-corrected chi connectivity index (χ3v) is 4.84. The van der Waals surface area contributed by atoms with Crippen molar-refractivity contribution in [2.45, 2.75) is 34.1 Å². The molecular weight excluding hydrogens is 318 g/mol. The molecule has 1 fully saturated rings. The number of benzene rings is 1. The van der Waals surface area contributed by atoms with Crippen LogP contribution in [-0.4, -0.2) is 61.6 Å². The van der Waals surface area contributed by atoms with Gasteiger partial charge in [0.1, 0.15) is 5.75 Å². The Morgan fingerprint density at radius 3 is 2.24 bits per heavy atom. The molecule has 0 spiro atoms. The van der Waals surface area contributed by atoms with Gasteiger partial charge in [-0.1, -0.05) is 6.92 Å². The summed E-state index contributed by atoms with van der Waals surface area (Å²) in [7, 11) is 1.65. The summed E-state index contributed by atoms with van der Waals surface area (Å²) in [4.78, 5) is 28.6. The molecule has 25 heavy (non-hydrogen) atoms. The number of piperazine rings is 1. The van der Waals surface area contributed by atoms with Crippen LogP contribution in [0.1, 0.15) is 40.4 Å². The molecule has 6 heteroatoms. The van der Waals surface area contributed by atoms with E-state index >= 15 is 0 Å². The number of amides is 3. The summed E-state index contributed by atoms with van der Waals surface area (Å²) >= 11 is 0. The average Bonchev–Trinajstić information content (AvgIpc) is 2.62. The van der Waals surface area contributed by atoms with Crippen LogP contribution in [0.3, 0.4) is 0 Å². The van der Waals surface area contributed by atoms with Gasteiger partial charge >= 0.3 is 6.03 Å². The minimum absolute atomic E-state index is 0.0277. The maximum absolute atomic E-state index is 12.9. The Balaban J connectivity index is 2.07. The van der Waals surface area contributed by atoms with E-state index in [0.29, 0.717) is 32.7 Å². The van der Waals surface area contributed by atoms with Crippen LogP contribution in [0.5, 0.6) is 5.75 Å². The fourth-order valence-electron chi connectivity index (χ4n) is 3.22. The molecule has 1 aromatic carbocycles. The summed E-state index contributed by atoms with van der Waals surface area (Å²) in [6, 6.07) is 1.87. The van der Waals surface area contributed by atoms with Gasteiger partial charge in [-0.05, 0) is 49.9 Å². The number of methoxy groups -OCH3 is 1. The van der Waals surface area contributed by atoms with Crippen molar-refractivity contribution >= 4 is 11.9 Å². The van der Waals surface area contributed by atoms with E-state index in [9.17, 15) is 9.59 Å². The predicted octanol–water partition coefficient (Wildman–Crippen LogP) is 2.50. The van der Waals surface area contributed by atoms with E-state index < -0.39 is 0 Å². The third-order valence-electron chi connectivity index (χ3n) is 4.84. The number of carbonyl (C=O) groups excluding carboxylic acids is 2. The SMILES string of the molecule is CCCNC(=O)N1CCN(C(=O)c2cc(C)c(OC)c(C)c2C)CC1. The first-order valence-electron chi connectivity index (χ1n) is 8.87. The van der Waals surface area contributed by atoms with Crippen molar-refractivity contribution in [3.05, 3.63) is 28.3 Å². The van der Waals surface area contributed by atoms with E-state index in [0.717, 1.165) is 34.4 Å². The normalized spacial score (nSPS) is 14.4. The second kappa shape index (κ2) is 8.23. The molecule has 0 bridgehead atoms. The monoisotopic (exact) mass is 347 g/mol. The molecule has 0 saturated carbocycles. The zero-order valence-electron chi connectivity index (χ0n) is 15.9. The highest BCUT2D eigenvalue weighted by atomic mass is 16.5. The Morgan fingerprint density at radius 1 is 1.08 bits per heavy atom. The first kappa shape index (κ1) is 19.1. The van der Waals surface area contributed by atoms with Crippen molar-refractivity contribution in [3.63, 3.8) is 0 Å². The van der Waals surface area contributed by atoms with E-state index in [-0.39, 0.29) is 11.9 Å². The number of hydrogen-bond donors (Lipinski definition) is 1. The lowest BCUT2D eigenvalue weighted by Crippen LogP contribution is -2.53. The van der Waals surface area contributed by atoms with Gasteiger partial charge in [-0.2, -0.15) is 0 Å². The highest BCUT2D eigenvalue weighted by Gasteiger charge is 2.26. The molecule has 0 atom stereocenters. The molecule has 1 aliphatic heterocycles. The van der Waals surface area contributed by atoms with E-state index in [2.05, 4.69) is 5.32 Å². The summed E-state index contributed by atoms with van der Waals surface area (Å²) in [5, 5.41) is 2.88. The van der Waals surface area contributed by atoms with Gasteiger partial charge in [-0.3, -0.25) is 4.79 Å². The standard InChI is InChI=1S/C19H29N3O3/c1-6-7-20-19(24)22-10-8-21(9-11-22)18(23)16-12-13(2)17(25-5)15(4)14(16)3/h12H,6-11H2,1-5H3,(H,20,24). The minimum Gasteiger partial charge on any atom is -0.496 e. The lowest BCUT2D eigenvalue weighted by molar-refractivity contribution is 0.0664. The molecule has 138 valence electrons. The zero-order chi connectivity index (χ0) is 18.6. The quantitative estimate of drug-likeness (QED) is 0.910. The van der Waals surface area contributed by atoms with Gasteiger partial charge in [0.25, 0.3) is 5.91 Å². The topological polar surface area (TPSA) is 61.9 Å². The summed E-state index contributed by atoms with van der Waals surface area (Å²) in [5.74, 6) is 0.867. The maximum atomic E-state index is 12.9. The molecule has 0 radical (unpaired) electrons. The molecule has 1 aromatic rings. The van der Waals surface area contributed by atoms with Crippen LogP contribution in [0, 0.1) is 20.8 Å². The second-order valence-corrected chi connectivity index (χ2v) is 6.54.